The number of amides is 1. The number of carbonyl (C=O) groups is 1. The Morgan fingerprint density at radius 3 is 2.45 bits per heavy atom. The Morgan fingerprint density at radius 2 is 1.95 bits per heavy atom. The highest BCUT2D eigenvalue weighted by Gasteiger charge is 2.18. The summed E-state index contributed by atoms with van der Waals surface area (Å²) in [6.07, 6.45) is 1.53. The predicted molar refractivity (Wildman–Crippen MR) is 85.9 cm³/mol. The first kappa shape index (κ1) is 16.7. The third-order valence-corrected chi connectivity index (χ3v) is 3.69. The number of nitrogens with two attached hydrogens (primary N) is 1. The lowest BCUT2D eigenvalue weighted by Crippen LogP contribution is -2.31. The molecule has 0 radical (unpaired) electrons. The Kier molecular flexibility index (Phi) is 6.21. The highest BCUT2D eigenvalue weighted by Crippen LogP contribution is 2.22. The lowest BCUT2D eigenvalue weighted by Gasteiger charge is -2.23. The summed E-state index contributed by atoms with van der Waals surface area (Å²) < 4.78 is 0. The van der Waals surface area contributed by atoms with Crippen molar-refractivity contribution in [2.75, 3.05) is 18.5 Å². The number of benzene rings is 1. The molecule has 20 heavy (non-hydrogen) atoms. The van der Waals surface area contributed by atoms with Crippen molar-refractivity contribution in [2.24, 2.45) is 17.6 Å². The molecule has 1 aromatic rings. The Labute approximate surface area is 123 Å². The molecular weight excluding hydrogens is 248 g/mol. The van der Waals surface area contributed by atoms with Gasteiger partial charge in [0.05, 0.1) is 0 Å². The van der Waals surface area contributed by atoms with E-state index in [0.717, 1.165) is 17.7 Å². The molecule has 0 saturated heterocycles. The summed E-state index contributed by atoms with van der Waals surface area (Å²) in [5.74, 6) is 0.992. The molecule has 3 nitrogen and oxygen atoms in total. The second-order valence-corrected chi connectivity index (χ2v) is 6.18. The molecule has 112 valence electrons. The van der Waals surface area contributed by atoms with Crippen LogP contribution >= 0.6 is 0 Å². The van der Waals surface area contributed by atoms with E-state index in [1.54, 1.807) is 4.90 Å². The van der Waals surface area contributed by atoms with Gasteiger partial charge in [0.2, 0.25) is 5.91 Å². The summed E-state index contributed by atoms with van der Waals surface area (Å²) in [5, 5.41) is 0. The van der Waals surface area contributed by atoms with Gasteiger partial charge in [0, 0.05) is 19.2 Å². The number of rotatable bonds is 6. The maximum absolute atomic E-state index is 12.4. The van der Waals surface area contributed by atoms with Crippen LogP contribution in [0.4, 0.5) is 5.69 Å². The fourth-order valence-corrected chi connectivity index (χ4v) is 2.63. The van der Waals surface area contributed by atoms with Gasteiger partial charge in [-0.3, -0.25) is 4.79 Å². The molecule has 0 bridgehead atoms. The van der Waals surface area contributed by atoms with E-state index < -0.39 is 0 Å². The van der Waals surface area contributed by atoms with Gasteiger partial charge in [-0.15, -0.1) is 0 Å². The van der Waals surface area contributed by atoms with E-state index in [0.29, 0.717) is 18.9 Å². The number of anilines is 1. The maximum atomic E-state index is 12.4. The van der Waals surface area contributed by atoms with Crippen LogP contribution in [0, 0.1) is 25.7 Å². The first-order valence-electron chi connectivity index (χ1n) is 7.39. The molecule has 0 aliphatic rings. The topological polar surface area (TPSA) is 46.3 Å². The Hall–Kier alpha value is -1.35. The van der Waals surface area contributed by atoms with Crippen LogP contribution in [0.3, 0.4) is 0 Å². The van der Waals surface area contributed by atoms with Crippen molar-refractivity contribution < 1.29 is 4.79 Å². The number of nitrogens with zero attached hydrogens (tertiary/aromatic N) is 1. The second-order valence-electron chi connectivity index (χ2n) is 6.18. The van der Waals surface area contributed by atoms with Gasteiger partial charge in [0.1, 0.15) is 0 Å². The van der Waals surface area contributed by atoms with Gasteiger partial charge < -0.3 is 10.6 Å². The van der Waals surface area contributed by atoms with Crippen molar-refractivity contribution in [3.05, 3.63) is 29.3 Å². The molecule has 1 amide bonds. The van der Waals surface area contributed by atoms with E-state index in [1.807, 2.05) is 26.1 Å². The normalized spacial score (nSPS) is 12.6. The van der Waals surface area contributed by atoms with E-state index in [9.17, 15) is 4.79 Å². The van der Waals surface area contributed by atoms with Gasteiger partial charge in [0.25, 0.3) is 0 Å². The molecule has 2 N–H and O–H groups in total. The third kappa shape index (κ3) is 4.64. The van der Waals surface area contributed by atoms with Gasteiger partial charge in [-0.1, -0.05) is 31.5 Å². The lowest BCUT2D eigenvalue weighted by atomic mass is 9.93. The number of hydrogen-bond acceptors (Lipinski definition) is 2. The van der Waals surface area contributed by atoms with E-state index in [-0.39, 0.29) is 11.8 Å². The van der Waals surface area contributed by atoms with Crippen molar-refractivity contribution >= 4 is 11.6 Å². The Morgan fingerprint density at radius 1 is 1.30 bits per heavy atom. The molecule has 1 aromatic carbocycles. The number of aryl methyl sites for hydroxylation is 2. The van der Waals surface area contributed by atoms with Gasteiger partial charge in [-0.05, 0) is 50.3 Å². The molecule has 0 aliphatic carbocycles. The Bertz CT molecular complexity index is 454. The molecule has 0 saturated carbocycles. The third-order valence-electron chi connectivity index (χ3n) is 3.69. The van der Waals surface area contributed by atoms with Crippen LogP contribution in [0.1, 0.15) is 37.8 Å². The van der Waals surface area contributed by atoms with Gasteiger partial charge in [-0.25, -0.2) is 0 Å². The van der Waals surface area contributed by atoms with Crippen LogP contribution in [0.15, 0.2) is 18.2 Å². The van der Waals surface area contributed by atoms with Crippen molar-refractivity contribution in [2.45, 2.75) is 40.5 Å². The zero-order valence-electron chi connectivity index (χ0n) is 13.4. The molecule has 0 spiro atoms. The SMILES string of the molecule is Cc1ccc(N(C)C(=O)C[C@@H](CN)CC(C)C)c(C)c1. The van der Waals surface area contributed by atoms with Gasteiger partial charge in [-0.2, -0.15) is 0 Å². The first-order valence-corrected chi connectivity index (χ1v) is 7.39. The Balaban J connectivity index is 2.75. The largest absolute Gasteiger partial charge is 0.330 e. The quantitative estimate of drug-likeness (QED) is 0.866. The average Bonchev–Trinajstić information content (AvgIpc) is 2.36. The van der Waals surface area contributed by atoms with E-state index in [1.165, 1.54) is 5.56 Å². The molecule has 3 heteroatoms. The maximum Gasteiger partial charge on any atom is 0.227 e. The molecule has 0 aliphatic heterocycles. The first-order chi connectivity index (χ1) is 9.35. The van der Waals surface area contributed by atoms with Crippen molar-refractivity contribution in [3.63, 3.8) is 0 Å². The summed E-state index contributed by atoms with van der Waals surface area (Å²) in [5.41, 5.74) is 9.12. The van der Waals surface area contributed by atoms with Crippen LogP contribution in [0.25, 0.3) is 0 Å². The lowest BCUT2D eigenvalue weighted by molar-refractivity contribution is -0.119. The van der Waals surface area contributed by atoms with Gasteiger partial charge >= 0.3 is 0 Å². The van der Waals surface area contributed by atoms with E-state index in [4.69, 9.17) is 5.73 Å². The van der Waals surface area contributed by atoms with Crippen molar-refractivity contribution in [1.29, 1.82) is 0 Å². The molecule has 1 rings (SSSR count). The molecule has 0 heterocycles. The molecular formula is C17H28N2O. The van der Waals surface area contributed by atoms with Crippen molar-refractivity contribution in [3.8, 4) is 0 Å². The van der Waals surface area contributed by atoms with E-state index >= 15 is 0 Å². The van der Waals surface area contributed by atoms with Crippen molar-refractivity contribution in [1.82, 2.24) is 0 Å². The highest BCUT2D eigenvalue weighted by molar-refractivity contribution is 5.93. The molecule has 0 aromatic heterocycles. The van der Waals surface area contributed by atoms with Crippen LogP contribution < -0.4 is 10.6 Å². The zero-order valence-corrected chi connectivity index (χ0v) is 13.4. The summed E-state index contributed by atoms with van der Waals surface area (Å²) in [4.78, 5) is 14.2. The fraction of sp³-hybridized carbons (Fsp3) is 0.588. The average molecular weight is 276 g/mol. The van der Waals surface area contributed by atoms with Crippen LogP contribution in [-0.2, 0) is 4.79 Å². The minimum Gasteiger partial charge on any atom is -0.330 e. The smallest absolute Gasteiger partial charge is 0.227 e. The standard InChI is InChI=1S/C17H28N2O/c1-12(2)8-15(11-18)10-17(20)19(5)16-7-6-13(3)9-14(16)4/h6-7,9,12,15H,8,10-11,18H2,1-5H3/t15-/m0/s1. The van der Waals surface area contributed by atoms with Crippen LogP contribution in [0.5, 0.6) is 0 Å². The predicted octanol–water partition coefficient (Wildman–Crippen LogP) is 3.28. The monoisotopic (exact) mass is 276 g/mol. The minimum atomic E-state index is 0.146. The van der Waals surface area contributed by atoms with Crippen LogP contribution in [-0.4, -0.2) is 19.5 Å². The van der Waals surface area contributed by atoms with Gasteiger partial charge in [0.15, 0.2) is 0 Å². The van der Waals surface area contributed by atoms with E-state index in [2.05, 4.69) is 26.8 Å². The second kappa shape index (κ2) is 7.44. The molecule has 1 atom stereocenters. The summed E-state index contributed by atoms with van der Waals surface area (Å²) >= 11 is 0. The van der Waals surface area contributed by atoms with Crippen LogP contribution in [0.2, 0.25) is 0 Å². The zero-order chi connectivity index (χ0) is 15.3. The number of hydrogen-bond donors (Lipinski definition) is 1. The highest BCUT2D eigenvalue weighted by atomic mass is 16.2. The molecule has 0 fully saturated rings. The number of carbonyl (C=O) groups excluding carboxylic acids is 1. The fourth-order valence-electron chi connectivity index (χ4n) is 2.63. The summed E-state index contributed by atoms with van der Waals surface area (Å²) in [6, 6.07) is 6.16. The summed E-state index contributed by atoms with van der Waals surface area (Å²) in [6.45, 7) is 9.01. The summed E-state index contributed by atoms with van der Waals surface area (Å²) in [7, 11) is 1.85. The molecule has 0 unspecified atom stereocenters. The minimum absolute atomic E-state index is 0.146.